The van der Waals surface area contributed by atoms with Gasteiger partial charge in [0.2, 0.25) is 0 Å². The molecule has 1 aromatic heterocycles. The summed E-state index contributed by atoms with van der Waals surface area (Å²) >= 11 is 0. The van der Waals surface area contributed by atoms with Crippen LogP contribution in [0.3, 0.4) is 0 Å². The third-order valence-corrected chi connectivity index (χ3v) is 3.08. The van der Waals surface area contributed by atoms with Gasteiger partial charge in [0.1, 0.15) is 0 Å². The predicted octanol–water partition coefficient (Wildman–Crippen LogP) is 3.67. The van der Waals surface area contributed by atoms with E-state index >= 15 is 0 Å². The van der Waals surface area contributed by atoms with Crippen molar-refractivity contribution in [1.82, 2.24) is 10.3 Å². The van der Waals surface area contributed by atoms with Gasteiger partial charge in [-0.15, -0.1) is 0 Å². The maximum atomic E-state index is 4.15. The molecule has 1 N–H and O–H groups in total. The minimum atomic E-state index is 0.654. The van der Waals surface area contributed by atoms with E-state index in [1.54, 1.807) is 0 Å². The van der Waals surface area contributed by atoms with Crippen molar-refractivity contribution in [2.45, 2.75) is 53.0 Å². The Kier molecular flexibility index (Phi) is 6.96. The fourth-order valence-electron chi connectivity index (χ4n) is 2.37. The molecule has 0 saturated heterocycles. The monoisotopic (exact) mass is 248 g/mol. The van der Waals surface area contributed by atoms with Crippen LogP contribution in [-0.4, -0.2) is 17.6 Å². The highest BCUT2D eigenvalue weighted by molar-refractivity contribution is 5.08. The number of rotatable bonds is 8. The van der Waals surface area contributed by atoms with E-state index < -0.39 is 0 Å². The molecular weight excluding hydrogens is 220 g/mol. The Labute approximate surface area is 112 Å². The molecule has 0 unspecified atom stereocenters. The van der Waals surface area contributed by atoms with Crippen LogP contribution in [0.4, 0.5) is 0 Å². The van der Waals surface area contributed by atoms with Gasteiger partial charge >= 0.3 is 0 Å². The maximum Gasteiger partial charge on any atom is 0.0300 e. The van der Waals surface area contributed by atoms with E-state index in [9.17, 15) is 0 Å². The Morgan fingerprint density at radius 3 is 2.28 bits per heavy atom. The summed E-state index contributed by atoms with van der Waals surface area (Å²) in [6, 6.07) is 4.81. The average Bonchev–Trinajstić information content (AvgIpc) is 2.28. The number of pyridine rings is 1. The number of hydrogen-bond donors (Lipinski definition) is 1. The molecule has 1 heterocycles. The Morgan fingerprint density at radius 1 is 1.11 bits per heavy atom. The largest absolute Gasteiger partial charge is 0.314 e. The van der Waals surface area contributed by atoms with E-state index in [0.29, 0.717) is 6.04 Å². The first-order chi connectivity index (χ1) is 8.58. The molecule has 1 rings (SSSR count). The normalized spacial score (nSPS) is 11.7. The van der Waals surface area contributed by atoms with E-state index in [0.717, 1.165) is 24.8 Å². The number of nitrogens with zero attached hydrogens (tertiary/aromatic N) is 1. The van der Waals surface area contributed by atoms with E-state index in [1.165, 1.54) is 18.4 Å². The lowest BCUT2D eigenvalue weighted by molar-refractivity contribution is 0.361. The van der Waals surface area contributed by atoms with Gasteiger partial charge in [-0.25, -0.2) is 0 Å². The van der Waals surface area contributed by atoms with Gasteiger partial charge in [0.25, 0.3) is 0 Å². The van der Waals surface area contributed by atoms with Crippen molar-refractivity contribution in [2.24, 2.45) is 11.8 Å². The second-order valence-electron chi connectivity index (χ2n) is 6.02. The molecule has 0 aliphatic rings. The molecule has 0 bridgehead atoms. The summed E-state index contributed by atoms with van der Waals surface area (Å²) in [6.45, 7) is 10.3. The van der Waals surface area contributed by atoms with Gasteiger partial charge < -0.3 is 5.32 Å². The Hall–Kier alpha value is -0.890. The van der Waals surface area contributed by atoms with Gasteiger partial charge in [-0.3, -0.25) is 4.98 Å². The van der Waals surface area contributed by atoms with Crippen molar-refractivity contribution in [3.63, 3.8) is 0 Å². The molecule has 0 atom stereocenters. The van der Waals surface area contributed by atoms with Gasteiger partial charge in [0.15, 0.2) is 0 Å². The Bertz CT molecular complexity index is 296. The van der Waals surface area contributed by atoms with Crippen LogP contribution >= 0.6 is 0 Å². The van der Waals surface area contributed by atoms with Gasteiger partial charge in [-0.1, -0.05) is 33.8 Å². The Morgan fingerprint density at radius 2 is 1.78 bits per heavy atom. The second-order valence-corrected chi connectivity index (χ2v) is 6.02. The van der Waals surface area contributed by atoms with E-state index in [4.69, 9.17) is 0 Å². The minimum absolute atomic E-state index is 0.654. The van der Waals surface area contributed by atoms with Crippen LogP contribution < -0.4 is 5.32 Å². The summed E-state index contributed by atoms with van der Waals surface area (Å²) in [5.41, 5.74) is 1.32. The van der Waals surface area contributed by atoms with E-state index in [1.807, 2.05) is 18.5 Å². The van der Waals surface area contributed by atoms with Crippen molar-refractivity contribution in [2.75, 3.05) is 6.54 Å². The van der Waals surface area contributed by atoms with E-state index in [-0.39, 0.29) is 0 Å². The molecular formula is C16H28N2. The summed E-state index contributed by atoms with van der Waals surface area (Å²) < 4.78 is 0. The highest BCUT2D eigenvalue weighted by Gasteiger charge is 2.11. The third-order valence-electron chi connectivity index (χ3n) is 3.08. The zero-order chi connectivity index (χ0) is 13.4. The van der Waals surface area contributed by atoms with Crippen LogP contribution in [0.1, 0.15) is 46.1 Å². The summed E-state index contributed by atoms with van der Waals surface area (Å²) in [5, 5.41) is 3.70. The molecule has 18 heavy (non-hydrogen) atoms. The lowest BCUT2D eigenvalue weighted by Gasteiger charge is -2.22. The molecule has 0 fully saturated rings. The molecule has 102 valence electrons. The number of aromatic nitrogens is 1. The summed E-state index contributed by atoms with van der Waals surface area (Å²) in [5.74, 6) is 1.53. The Balaban J connectivity index is 2.32. The van der Waals surface area contributed by atoms with Crippen molar-refractivity contribution in [3.05, 3.63) is 30.1 Å². The molecule has 0 spiro atoms. The molecule has 0 radical (unpaired) electrons. The van der Waals surface area contributed by atoms with Crippen LogP contribution in [0, 0.1) is 11.8 Å². The fraction of sp³-hybridized carbons (Fsp3) is 0.688. The van der Waals surface area contributed by atoms with Crippen molar-refractivity contribution >= 4 is 0 Å². The van der Waals surface area contributed by atoms with Crippen LogP contribution in [0.25, 0.3) is 0 Å². The molecule has 2 nitrogen and oxygen atoms in total. The quantitative estimate of drug-likeness (QED) is 0.759. The molecule has 0 aliphatic heterocycles. The second kappa shape index (κ2) is 8.25. The SMILES string of the molecule is CC(C)CC(CC(C)C)NCCc1cccnc1. The predicted molar refractivity (Wildman–Crippen MR) is 78.6 cm³/mol. The zero-order valence-corrected chi connectivity index (χ0v) is 12.3. The molecule has 0 aliphatic carbocycles. The minimum Gasteiger partial charge on any atom is -0.314 e. The average molecular weight is 248 g/mol. The van der Waals surface area contributed by atoms with Crippen molar-refractivity contribution < 1.29 is 0 Å². The van der Waals surface area contributed by atoms with Gasteiger partial charge in [-0.2, -0.15) is 0 Å². The first-order valence-electron chi connectivity index (χ1n) is 7.20. The van der Waals surface area contributed by atoms with Gasteiger partial charge in [-0.05, 0) is 49.3 Å². The van der Waals surface area contributed by atoms with Crippen LogP contribution in [-0.2, 0) is 6.42 Å². The molecule has 0 aromatic carbocycles. The van der Waals surface area contributed by atoms with Gasteiger partial charge in [0, 0.05) is 18.4 Å². The standard InChI is InChI=1S/C16H28N2/c1-13(2)10-16(11-14(3)4)18-9-7-15-6-5-8-17-12-15/h5-6,8,12-14,16,18H,7,9-11H2,1-4H3. The highest BCUT2D eigenvalue weighted by Crippen LogP contribution is 2.13. The molecule has 0 amide bonds. The number of nitrogens with one attached hydrogen (secondary N) is 1. The van der Waals surface area contributed by atoms with Crippen LogP contribution in [0.5, 0.6) is 0 Å². The summed E-state index contributed by atoms with van der Waals surface area (Å²) in [6.07, 6.45) is 7.40. The van der Waals surface area contributed by atoms with Crippen LogP contribution in [0.2, 0.25) is 0 Å². The number of hydrogen-bond acceptors (Lipinski definition) is 2. The smallest absolute Gasteiger partial charge is 0.0300 e. The zero-order valence-electron chi connectivity index (χ0n) is 12.3. The first kappa shape index (κ1) is 15.2. The summed E-state index contributed by atoms with van der Waals surface area (Å²) in [4.78, 5) is 4.15. The molecule has 2 heteroatoms. The van der Waals surface area contributed by atoms with Crippen LogP contribution in [0.15, 0.2) is 24.5 Å². The molecule has 1 aromatic rings. The van der Waals surface area contributed by atoms with Crippen molar-refractivity contribution in [3.8, 4) is 0 Å². The third kappa shape index (κ3) is 6.75. The molecule has 0 saturated carbocycles. The lowest BCUT2D eigenvalue weighted by Crippen LogP contribution is -2.33. The fourth-order valence-corrected chi connectivity index (χ4v) is 2.37. The summed E-state index contributed by atoms with van der Waals surface area (Å²) in [7, 11) is 0. The topological polar surface area (TPSA) is 24.9 Å². The maximum absolute atomic E-state index is 4.15. The first-order valence-corrected chi connectivity index (χ1v) is 7.20. The van der Waals surface area contributed by atoms with Crippen molar-refractivity contribution in [1.29, 1.82) is 0 Å². The highest BCUT2D eigenvalue weighted by atomic mass is 14.9. The lowest BCUT2D eigenvalue weighted by atomic mass is 9.95. The van der Waals surface area contributed by atoms with Gasteiger partial charge in [0.05, 0.1) is 0 Å². The van der Waals surface area contributed by atoms with E-state index in [2.05, 4.69) is 44.1 Å².